The number of benzene rings is 1. The van der Waals surface area contributed by atoms with Crippen molar-refractivity contribution >= 4 is 15.7 Å². The van der Waals surface area contributed by atoms with E-state index in [1.54, 1.807) is 31.3 Å². The van der Waals surface area contributed by atoms with Gasteiger partial charge in [-0.3, -0.25) is 9.52 Å². The van der Waals surface area contributed by atoms with Crippen LogP contribution in [0.3, 0.4) is 0 Å². The summed E-state index contributed by atoms with van der Waals surface area (Å²) in [6, 6.07) is 9.48. The van der Waals surface area contributed by atoms with Crippen molar-refractivity contribution in [1.29, 1.82) is 0 Å². The summed E-state index contributed by atoms with van der Waals surface area (Å²) in [5, 5.41) is 0. The molecule has 2 rings (SSSR count). The van der Waals surface area contributed by atoms with Crippen molar-refractivity contribution in [3.63, 3.8) is 0 Å². The predicted octanol–water partition coefficient (Wildman–Crippen LogP) is 1.75. The van der Waals surface area contributed by atoms with Crippen LogP contribution < -0.4 is 10.3 Å². The van der Waals surface area contributed by atoms with Gasteiger partial charge in [0, 0.05) is 19.3 Å². The molecule has 6 heteroatoms. The van der Waals surface area contributed by atoms with E-state index in [1.807, 2.05) is 6.92 Å². The van der Waals surface area contributed by atoms with Gasteiger partial charge in [0.2, 0.25) is 5.56 Å². The van der Waals surface area contributed by atoms with E-state index in [1.165, 1.54) is 22.9 Å². The second-order valence-electron chi connectivity index (χ2n) is 4.47. The molecule has 0 saturated carbocycles. The summed E-state index contributed by atoms with van der Waals surface area (Å²) >= 11 is 0. The minimum absolute atomic E-state index is 0.194. The summed E-state index contributed by atoms with van der Waals surface area (Å²) in [5.41, 5.74) is 1.23. The molecule has 0 aliphatic heterocycles. The van der Waals surface area contributed by atoms with Crippen molar-refractivity contribution in [2.75, 3.05) is 4.72 Å². The third-order valence-corrected chi connectivity index (χ3v) is 4.38. The van der Waals surface area contributed by atoms with Gasteiger partial charge >= 0.3 is 0 Å². The van der Waals surface area contributed by atoms with E-state index in [2.05, 4.69) is 4.72 Å². The van der Waals surface area contributed by atoms with E-state index >= 15 is 0 Å². The number of aryl methyl sites for hydroxylation is 2. The third kappa shape index (κ3) is 3.08. The van der Waals surface area contributed by atoms with Crippen LogP contribution in [0.15, 0.2) is 52.3 Å². The highest BCUT2D eigenvalue weighted by Gasteiger charge is 2.14. The summed E-state index contributed by atoms with van der Waals surface area (Å²) in [6.07, 6.45) is 2.30. The van der Waals surface area contributed by atoms with Gasteiger partial charge in [0.05, 0.1) is 10.6 Å². The van der Waals surface area contributed by atoms with E-state index in [-0.39, 0.29) is 10.5 Å². The lowest BCUT2D eigenvalue weighted by Crippen LogP contribution is -2.18. The molecule has 0 atom stereocenters. The molecular weight excluding hydrogens is 276 g/mol. The fraction of sp³-hybridized carbons (Fsp3) is 0.214. The van der Waals surface area contributed by atoms with E-state index in [4.69, 9.17) is 0 Å². The Balaban J connectivity index is 2.30. The number of pyridine rings is 1. The Morgan fingerprint density at radius 3 is 2.30 bits per heavy atom. The Labute approximate surface area is 117 Å². The highest BCUT2D eigenvalue weighted by atomic mass is 32.2. The lowest BCUT2D eigenvalue weighted by atomic mass is 10.2. The number of hydrogen-bond acceptors (Lipinski definition) is 3. The van der Waals surface area contributed by atoms with E-state index < -0.39 is 10.0 Å². The maximum Gasteiger partial charge on any atom is 0.261 e. The molecule has 0 amide bonds. The number of aromatic nitrogens is 1. The number of rotatable bonds is 4. The third-order valence-electron chi connectivity index (χ3n) is 2.98. The minimum atomic E-state index is -3.63. The molecular formula is C14H16N2O3S. The van der Waals surface area contributed by atoms with Gasteiger partial charge in [0.25, 0.3) is 10.0 Å². The van der Waals surface area contributed by atoms with Crippen LogP contribution in [-0.2, 0) is 23.5 Å². The van der Waals surface area contributed by atoms with Gasteiger partial charge in [-0.25, -0.2) is 8.42 Å². The van der Waals surface area contributed by atoms with E-state index in [9.17, 15) is 13.2 Å². The first-order valence-corrected chi connectivity index (χ1v) is 7.69. The summed E-state index contributed by atoms with van der Waals surface area (Å²) in [6.45, 7) is 2.01. The highest BCUT2D eigenvalue weighted by molar-refractivity contribution is 7.92. The van der Waals surface area contributed by atoms with Crippen LogP contribution in [0.4, 0.5) is 5.69 Å². The molecule has 20 heavy (non-hydrogen) atoms. The number of nitrogens with one attached hydrogen (secondary N) is 1. The van der Waals surface area contributed by atoms with Gasteiger partial charge in [-0.05, 0) is 30.2 Å². The number of hydrogen-bond donors (Lipinski definition) is 1. The standard InChI is InChI=1S/C14H16N2O3S/c1-3-11-4-7-13(8-5-11)20(18,19)15-12-6-9-14(17)16(2)10-12/h4-10,15H,3H2,1-2H3. The quantitative estimate of drug-likeness (QED) is 0.933. The molecule has 106 valence electrons. The van der Waals surface area contributed by atoms with Crippen LogP contribution in [0.5, 0.6) is 0 Å². The SMILES string of the molecule is CCc1ccc(S(=O)(=O)Nc2ccc(=O)n(C)c2)cc1. The zero-order chi connectivity index (χ0) is 14.8. The van der Waals surface area contributed by atoms with Crippen LogP contribution in [-0.4, -0.2) is 13.0 Å². The molecule has 0 spiro atoms. The van der Waals surface area contributed by atoms with Crippen molar-refractivity contribution in [3.05, 3.63) is 58.5 Å². The Hall–Kier alpha value is -2.08. The minimum Gasteiger partial charge on any atom is -0.316 e. The summed E-state index contributed by atoms with van der Waals surface area (Å²) in [7, 11) is -2.07. The first-order valence-electron chi connectivity index (χ1n) is 6.21. The number of anilines is 1. The lowest BCUT2D eigenvalue weighted by molar-refractivity contribution is 0.601. The Kier molecular flexibility index (Phi) is 3.94. The van der Waals surface area contributed by atoms with E-state index in [0.717, 1.165) is 12.0 Å². The van der Waals surface area contributed by atoms with Crippen molar-refractivity contribution in [3.8, 4) is 0 Å². The molecule has 0 fully saturated rings. The van der Waals surface area contributed by atoms with Crippen molar-refractivity contribution in [2.45, 2.75) is 18.2 Å². The molecule has 0 saturated heterocycles. The maximum atomic E-state index is 12.2. The van der Waals surface area contributed by atoms with Crippen molar-refractivity contribution in [2.24, 2.45) is 7.05 Å². The Bertz CT molecular complexity index is 762. The molecule has 1 aromatic heterocycles. The first kappa shape index (κ1) is 14.3. The van der Waals surface area contributed by atoms with Crippen LogP contribution in [0.1, 0.15) is 12.5 Å². The van der Waals surface area contributed by atoms with Crippen LogP contribution in [0.2, 0.25) is 0 Å². The molecule has 0 aliphatic carbocycles. The average molecular weight is 292 g/mol. The van der Waals surface area contributed by atoms with Crippen LogP contribution in [0.25, 0.3) is 0 Å². The second-order valence-corrected chi connectivity index (χ2v) is 6.15. The molecule has 1 heterocycles. The summed E-state index contributed by atoms with van der Waals surface area (Å²) < 4.78 is 28.2. The van der Waals surface area contributed by atoms with Gasteiger partial charge in [-0.2, -0.15) is 0 Å². The Morgan fingerprint density at radius 1 is 1.10 bits per heavy atom. The first-order chi connectivity index (χ1) is 9.42. The average Bonchev–Trinajstić information content (AvgIpc) is 2.43. The fourth-order valence-electron chi connectivity index (χ4n) is 1.77. The van der Waals surface area contributed by atoms with Gasteiger partial charge < -0.3 is 4.57 Å². The fourth-order valence-corrected chi connectivity index (χ4v) is 2.82. The molecule has 5 nitrogen and oxygen atoms in total. The highest BCUT2D eigenvalue weighted by Crippen LogP contribution is 2.15. The molecule has 1 aromatic carbocycles. The van der Waals surface area contributed by atoms with Gasteiger partial charge in [-0.15, -0.1) is 0 Å². The zero-order valence-corrected chi connectivity index (χ0v) is 12.1. The van der Waals surface area contributed by atoms with Gasteiger partial charge in [0.1, 0.15) is 0 Å². The van der Waals surface area contributed by atoms with Gasteiger partial charge in [-0.1, -0.05) is 19.1 Å². The zero-order valence-electron chi connectivity index (χ0n) is 11.3. The summed E-state index contributed by atoms with van der Waals surface area (Å²) in [5.74, 6) is 0. The normalized spacial score (nSPS) is 11.3. The largest absolute Gasteiger partial charge is 0.316 e. The Morgan fingerprint density at radius 2 is 1.75 bits per heavy atom. The summed E-state index contributed by atoms with van der Waals surface area (Å²) in [4.78, 5) is 11.5. The topological polar surface area (TPSA) is 68.2 Å². The molecule has 0 unspecified atom stereocenters. The monoisotopic (exact) mass is 292 g/mol. The molecule has 2 aromatic rings. The number of sulfonamides is 1. The van der Waals surface area contributed by atoms with Crippen LogP contribution >= 0.6 is 0 Å². The maximum absolute atomic E-state index is 12.2. The lowest BCUT2D eigenvalue weighted by Gasteiger charge is -2.09. The molecule has 1 N–H and O–H groups in total. The smallest absolute Gasteiger partial charge is 0.261 e. The van der Waals surface area contributed by atoms with Crippen molar-refractivity contribution < 1.29 is 8.42 Å². The van der Waals surface area contributed by atoms with Crippen LogP contribution in [0, 0.1) is 0 Å². The molecule has 0 radical (unpaired) electrons. The van der Waals surface area contributed by atoms with Gasteiger partial charge in [0.15, 0.2) is 0 Å². The predicted molar refractivity (Wildman–Crippen MR) is 78.3 cm³/mol. The second kappa shape index (κ2) is 5.50. The molecule has 0 bridgehead atoms. The van der Waals surface area contributed by atoms with E-state index in [0.29, 0.717) is 5.69 Å². The molecule has 0 aliphatic rings. The van der Waals surface area contributed by atoms with Crippen molar-refractivity contribution in [1.82, 2.24) is 4.57 Å². The number of nitrogens with zero attached hydrogens (tertiary/aromatic N) is 1.